The van der Waals surface area contributed by atoms with E-state index in [0.29, 0.717) is 36.5 Å². The van der Waals surface area contributed by atoms with Gasteiger partial charge in [0.1, 0.15) is 0 Å². The average Bonchev–Trinajstić information content (AvgIpc) is 4.00. The second-order valence-electron chi connectivity index (χ2n) is 13.7. The number of halogens is 4. The third kappa shape index (κ3) is 14.7. The second-order valence-corrected chi connectivity index (χ2v) is 13.7. The molecule has 0 saturated heterocycles. The van der Waals surface area contributed by atoms with E-state index in [4.69, 9.17) is 0 Å². The molecule has 284 valence electrons. The summed E-state index contributed by atoms with van der Waals surface area (Å²) in [4.78, 5) is 4.17. The van der Waals surface area contributed by atoms with Crippen molar-refractivity contribution in [1.82, 2.24) is 0 Å². The summed E-state index contributed by atoms with van der Waals surface area (Å²) in [6, 6.07) is 50.7. The van der Waals surface area contributed by atoms with Gasteiger partial charge in [0.05, 0.1) is 0 Å². The van der Waals surface area contributed by atoms with Crippen molar-refractivity contribution in [3.8, 4) is 0 Å². The van der Waals surface area contributed by atoms with Gasteiger partial charge in [-0.1, -0.05) is 99.2 Å². The number of rotatable bonds is 8. The van der Waals surface area contributed by atoms with Crippen molar-refractivity contribution in [3.63, 3.8) is 0 Å². The van der Waals surface area contributed by atoms with Gasteiger partial charge in [0, 0.05) is 48.4 Å². The minimum atomic E-state index is -0.649. The fraction of sp³-hybridized carbons (Fsp3) is 0.292. The predicted molar refractivity (Wildman–Crippen MR) is 213 cm³/mol. The standard InChI is InChI=1S/2C19H20F2N.2C5H5.Ti/c2*20-16-11-12-19(18(21)13-16)22(17-9-5-2-6-10-17)14-15-7-3-1-4-8-15;2*1-2-4-5-3-1;/h2*1,3-4,7-8,11-12,17H,2,5-6,9-10,14H2;2*1-5H;/q4*-1;+4. The minimum absolute atomic E-state index is 0. The third-order valence-corrected chi connectivity index (χ3v) is 9.84. The summed E-state index contributed by atoms with van der Waals surface area (Å²) in [5.74, 6) is -2.49. The van der Waals surface area contributed by atoms with E-state index in [1.54, 1.807) is 12.1 Å². The van der Waals surface area contributed by atoms with Crippen LogP contribution in [-0.2, 0) is 34.8 Å². The molecule has 0 unspecified atom stereocenters. The molecular weight excluding hydrogens is 728 g/mol. The molecule has 2 aliphatic carbocycles. The van der Waals surface area contributed by atoms with Crippen LogP contribution in [0, 0.1) is 35.4 Å². The first-order chi connectivity index (χ1) is 26.5. The first-order valence-electron chi connectivity index (χ1n) is 19.2. The van der Waals surface area contributed by atoms with Gasteiger partial charge in [0.2, 0.25) is 0 Å². The van der Waals surface area contributed by atoms with Crippen molar-refractivity contribution in [3.05, 3.63) is 192 Å². The van der Waals surface area contributed by atoms with Crippen LogP contribution in [0.5, 0.6) is 0 Å². The normalized spacial score (nSPS) is 14.0. The third-order valence-electron chi connectivity index (χ3n) is 9.84. The van der Waals surface area contributed by atoms with Crippen molar-refractivity contribution < 1.29 is 39.3 Å². The van der Waals surface area contributed by atoms with E-state index in [1.165, 1.54) is 50.7 Å². The summed E-state index contributed by atoms with van der Waals surface area (Å²) >= 11 is 0. The summed E-state index contributed by atoms with van der Waals surface area (Å²) in [6.07, 6.45) is 11.4. The first-order valence-corrected chi connectivity index (χ1v) is 19.2. The molecule has 2 saturated carbocycles. The zero-order valence-corrected chi connectivity index (χ0v) is 33.0. The van der Waals surface area contributed by atoms with Gasteiger partial charge >= 0.3 is 21.7 Å². The summed E-state index contributed by atoms with van der Waals surface area (Å²) < 4.78 is 54.8. The number of hydrogen-bond acceptors (Lipinski definition) is 2. The zero-order chi connectivity index (χ0) is 37.8. The Balaban J connectivity index is 0.000000192. The average molecular weight is 779 g/mol. The molecule has 0 aromatic heterocycles. The molecule has 0 atom stereocenters. The number of hydrogen-bond donors (Lipinski definition) is 0. The van der Waals surface area contributed by atoms with Gasteiger partial charge in [-0.3, -0.25) is 0 Å². The largest absolute Gasteiger partial charge is 4.00 e. The maximum absolute atomic E-state index is 14.2. The van der Waals surface area contributed by atoms with E-state index in [-0.39, 0.29) is 21.7 Å². The van der Waals surface area contributed by atoms with Gasteiger partial charge in [-0.15, -0.1) is 36.4 Å². The summed E-state index contributed by atoms with van der Waals surface area (Å²) in [5, 5.41) is 0. The molecule has 55 heavy (non-hydrogen) atoms. The molecule has 7 heteroatoms. The summed E-state index contributed by atoms with van der Waals surface area (Å²) in [7, 11) is 0. The zero-order valence-electron chi connectivity index (χ0n) is 31.4. The molecule has 8 rings (SSSR count). The van der Waals surface area contributed by atoms with Crippen molar-refractivity contribution in [2.24, 2.45) is 0 Å². The Hall–Kier alpha value is -4.39. The van der Waals surface area contributed by atoms with Crippen LogP contribution >= 0.6 is 0 Å². The fourth-order valence-electron chi connectivity index (χ4n) is 7.12. The Kier molecular flexibility index (Phi) is 19.1. The molecule has 0 amide bonds. The van der Waals surface area contributed by atoms with Crippen LogP contribution in [0.3, 0.4) is 0 Å². The molecule has 0 bridgehead atoms. The topological polar surface area (TPSA) is 6.48 Å². The summed E-state index contributed by atoms with van der Waals surface area (Å²) in [5.41, 5.74) is 3.18. The monoisotopic (exact) mass is 778 g/mol. The van der Waals surface area contributed by atoms with Crippen LogP contribution in [-0.4, -0.2) is 12.1 Å². The van der Waals surface area contributed by atoms with Crippen LogP contribution in [0.4, 0.5) is 28.9 Å². The molecule has 0 radical (unpaired) electrons. The van der Waals surface area contributed by atoms with Gasteiger partial charge in [0.25, 0.3) is 0 Å². The summed E-state index contributed by atoms with van der Waals surface area (Å²) in [6.45, 7) is 1.28. The SMILES string of the molecule is Fc1[c-]c(F)c(N(Cc2ccccc2)C2CCCCC2)cc1.Fc1[c-]c(F)c(N(Cc2ccccc2)C2CCCCC2)cc1.[Ti+4].c1cc[cH-]c1.c1cc[cH-]c1. The maximum Gasteiger partial charge on any atom is 4.00 e. The van der Waals surface area contributed by atoms with Gasteiger partial charge in [-0.2, -0.15) is 36.4 Å². The van der Waals surface area contributed by atoms with E-state index in [0.717, 1.165) is 36.8 Å². The van der Waals surface area contributed by atoms with Crippen molar-refractivity contribution in [2.45, 2.75) is 89.4 Å². The van der Waals surface area contributed by atoms with Gasteiger partial charge in [0.15, 0.2) is 0 Å². The van der Waals surface area contributed by atoms with Crippen molar-refractivity contribution in [2.75, 3.05) is 9.80 Å². The van der Waals surface area contributed by atoms with E-state index >= 15 is 0 Å². The smallest absolute Gasteiger partial charge is 0.414 e. The molecule has 6 aromatic rings. The fourth-order valence-corrected chi connectivity index (χ4v) is 7.12. The molecule has 0 aliphatic heterocycles. The van der Waals surface area contributed by atoms with E-state index in [2.05, 4.69) is 21.9 Å². The van der Waals surface area contributed by atoms with Gasteiger partial charge in [-0.05, 0) is 48.2 Å². The Bertz CT molecular complexity index is 1660. The quantitative estimate of drug-likeness (QED) is 0.0863. The number of benzene rings is 4. The van der Waals surface area contributed by atoms with E-state index < -0.39 is 23.3 Å². The Morgan fingerprint density at radius 1 is 0.455 bits per heavy atom. The van der Waals surface area contributed by atoms with Crippen molar-refractivity contribution >= 4 is 11.4 Å². The molecule has 0 heterocycles. The predicted octanol–water partition coefficient (Wildman–Crippen LogP) is 13.0. The van der Waals surface area contributed by atoms with Crippen molar-refractivity contribution in [1.29, 1.82) is 0 Å². The molecular formula is C48H50F4N2Ti. The van der Waals surface area contributed by atoms with E-state index in [9.17, 15) is 17.6 Å². The van der Waals surface area contributed by atoms with Crippen LogP contribution in [0.2, 0.25) is 0 Å². The number of anilines is 2. The van der Waals surface area contributed by atoms with Gasteiger partial charge < -0.3 is 9.80 Å². The Labute approximate surface area is 340 Å². The van der Waals surface area contributed by atoms with Crippen LogP contribution in [0.15, 0.2) is 146 Å². The van der Waals surface area contributed by atoms with Gasteiger partial charge in [-0.25, -0.2) is 41.8 Å². The molecule has 0 spiro atoms. The maximum atomic E-state index is 14.2. The molecule has 2 nitrogen and oxygen atoms in total. The molecule has 6 aromatic carbocycles. The van der Waals surface area contributed by atoms with Crippen LogP contribution in [0.25, 0.3) is 0 Å². The Morgan fingerprint density at radius 2 is 0.800 bits per heavy atom. The van der Waals surface area contributed by atoms with E-state index in [1.807, 2.05) is 121 Å². The number of nitrogens with zero attached hydrogens (tertiary/aromatic N) is 2. The minimum Gasteiger partial charge on any atom is -0.414 e. The molecule has 0 N–H and O–H groups in total. The second kappa shape index (κ2) is 24.2. The van der Waals surface area contributed by atoms with Crippen LogP contribution < -0.4 is 9.80 Å². The Morgan fingerprint density at radius 3 is 1.09 bits per heavy atom. The molecule has 2 aliphatic rings. The first kappa shape index (κ1) is 43.3. The van der Waals surface area contributed by atoms with Crippen LogP contribution in [0.1, 0.15) is 75.3 Å². The molecule has 2 fully saturated rings.